The SMILES string of the molecule is Cc1ccc(C(=O)Nc2ccc3c(N4CCN(C(=O)OC(C)(C)C)CC4)ncnc3c2)cc1C#Cc1cnc2c(c1)CNN2. The van der Waals surface area contributed by atoms with Crippen molar-refractivity contribution >= 4 is 40.2 Å². The lowest BCUT2D eigenvalue weighted by Crippen LogP contribution is -2.50. The van der Waals surface area contributed by atoms with E-state index in [2.05, 4.69) is 47.9 Å². The fraction of sp³-hybridized carbons (Fsp3) is 0.303. The van der Waals surface area contributed by atoms with Crippen LogP contribution >= 0.6 is 0 Å². The smallest absolute Gasteiger partial charge is 0.410 e. The molecule has 0 spiro atoms. The second-order valence-corrected chi connectivity index (χ2v) is 11.8. The summed E-state index contributed by atoms with van der Waals surface area (Å²) in [6, 6.07) is 13.1. The molecule has 1 fully saturated rings. The molecule has 44 heavy (non-hydrogen) atoms. The van der Waals surface area contributed by atoms with Gasteiger partial charge in [0, 0.05) is 72.2 Å². The first kappa shape index (κ1) is 28.9. The normalized spacial score (nSPS) is 14.4. The molecule has 0 bridgehead atoms. The van der Waals surface area contributed by atoms with Crippen molar-refractivity contribution in [2.45, 2.75) is 39.8 Å². The molecule has 0 atom stereocenters. The van der Waals surface area contributed by atoms with E-state index < -0.39 is 5.60 Å². The van der Waals surface area contributed by atoms with Gasteiger partial charge in [-0.05, 0) is 69.7 Å². The second kappa shape index (κ2) is 11.8. The molecule has 0 aliphatic carbocycles. The minimum absolute atomic E-state index is 0.240. The lowest BCUT2D eigenvalue weighted by molar-refractivity contribution is 0.0240. The highest BCUT2D eigenvalue weighted by Gasteiger charge is 2.27. The van der Waals surface area contributed by atoms with Crippen LogP contribution in [0.3, 0.4) is 0 Å². The summed E-state index contributed by atoms with van der Waals surface area (Å²) in [5, 5.41) is 3.86. The van der Waals surface area contributed by atoms with Gasteiger partial charge in [-0.25, -0.2) is 25.2 Å². The maximum atomic E-state index is 13.2. The highest BCUT2D eigenvalue weighted by Crippen LogP contribution is 2.27. The number of benzene rings is 2. The van der Waals surface area contributed by atoms with E-state index in [4.69, 9.17) is 4.74 Å². The fourth-order valence-corrected chi connectivity index (χ4v) is 5.09. The zero-order chi connectivity index (χ0) is 30.8. The summed E-state index contributed by atoms with van der Waals surface area (Å²) in [6.45, 7) is 10.6. The zero-order valence-corrected chi connectivity index (χ0v) is 25.2. The van der Waals surface area contributed by atoms with Crippen LogP contribution in [0.1, 0.15) is 53.4 Å². The zero-order valence-electron chi connectivity index (χ0n) is 25.2. The van der Waals surface area contributed by atoms with Gasteiger partial charge >= 0.3 is 6.09 Å². The number of hydrogen-bond acceptors (Lipinski definition) is 9. The number of aromatic nitrogens is 3. The molecule has 2 aliphatic rings. The Balaban J connectivity index is 1.14. The first-order valence-corrected chi connectivity index (χ1v) is 14.5. The van der Waals surface area contributed by atoms with Gasteiger partial charge in [0.05, 0.1) is 5.52 Å². The number of fused-ring (bicyclic) bond motifs is 2. The van der Waals surface area contributed by atoms with Crippen molar-refractivity contribution in [2.24, 2.45) is 0 Å². The topological polar surface area (TPSA) is 125 Å². The van der Waals surface area contributed by atoms with Crippen LogP contribution in [-0.4, -0.2) is 63.6 Å². The highest BCUT2D eigenvalue weighted by molar-refractivity contribution is 6.05. The van der Waals surface area contributed by atoms with Crippen molar-refractivity contribution in [3.8, 4) is 11.8 Å². The van der Waals surface area contributed by atoms with Gasteiger partial charge in [-0.2, -0.15) is 0 Å². The van der Waals surface area contributed by atoms with Crippen LogP contribution in [0.15, 0.2) is 55.0 Å². The quantitative estimate of drug-likeness (QED) is 0.297. The van der Waals surface area contributed by atoms with Crippen LogP contribution in [0.4, 0.5) is 22.1 Å². The van der Waals surface area contributed by atoms with Crippen molar-refractivity contribution in [1.29, 1.82) is 0 Å². The Hall–Kier alpha value is -5.21. The molecule has 11 nitrogen and oxygen atoms in total. The summed E-state index contributed by atoms with van der Waals surface area (Å²) in [6.07, 6.45) is 2.96. The van der Waals surface area contributed by atoms with Crippen LogP contribution in [0.25, 0.3) is 10.9 Å². The molecule has 2 aliphatic heterocycles. The Morgan fingerprint density at radius 3 is 2.59 bits per heavy atom. The lowest BCUT2D eigenvalue weighted by atomic mass is 10.0. The molecule has 2 amide bonds. The van der Waals surface area contributed by atoms with E-state index in [0.29, 0.717) is 49.5 Å². The Morgan fingerprint density at radius 1 is 0.977 bits per heavy atom. The van der Waals surface area contributed by atoms with Crippen molar-refractivity contribution < 1.29 is 14.3 Å². The monoisotopic (exact) mass is 590 g/mol. The van der Waals surface area contributed by atoms with Gasteiger partial charge in [0.15, 0.2) is 0 Å². The van der Waals surface area contributed by atoms with Crippen LogP contribution in [0.2, 0.25) is 0 Å². The number of carbonyl (C=O) groups excluding carboxylic acids is 2. The summed E-state index contributed by atoms with van der Waals surface area (Å²) in [7, 11) is 0. The molecule has 0 radical (unpaired) electrons. The molecule has 224 valence electrons. The Bertz CT molecular complexity index is 1810. The van der Waals surface area contributed by atoms with Gasteiger partial charge in [0.1, 0.15) is 23.6 Å². The highest BCUT2D eigenvalue weighted by atomic mass is 16.6. The number of piperazine rings is 1. The third kappa shape index (κ3) is 6.40. The summed E-state index contributed by atoms with van der Waals surface area (Å²) < 4.78 is 5.52. The summed E-state index contributed by atoms with van der Waals surface area (Å²) in [5.74, 6) is 7.75. The van der Waals surface area contributed by atoms with E-state index in [0.717, 1.165) is 39.3 Å². The average Bonchev–Trinajstić information content (AvgIpc) is 3.47. The van der Waals surface area contributed by atoms with E-state index in [9.17, 15) is 9.59 Å². The largest absolute Gasteiger partial charge is 0.444 e. The van der Waals surface area contributed by atoms with Crippen molar-refractivity contribution in [3.05, 3.63) is 82.8 Å². The maximum Gasteiger partial charge on any atom is 0.410 e. The number of nitrogens with one attached hydrogen (secondary N) is 3. The van der Waals surface area contributed by atoms with Crippen molar-refractivity contribution in [3.63, 3.8) is 0 Å². The summed E-state index contributed by atoms with van der Waals surface area (Å²) in [5.41, 5.74) is 11.0. The van der Waals surface area contributed by atoms with Crippen LogP contribution in [0, 0.1) is 18.8 Å². The summed E-state index contributed by atoms with van der Waals surface area (Å²) in [4.78, 5) is 43.0. The predicted octanol–water partition coefficient (Wildman–Crippen LogP) is 4.47. The molecule has 3 N–H and O–H groups in total. The van der Waals surface area contributed by atoms with Crippen molar-refractivity contribution in [1.82, 2.24) is 25.3 Å². The van der Waals surface area contributed by atoms with Gasteiger partial charge in [-0.3, -0.25) is 4.79 Å². The molecule has 1 saturated heterocycles. The van der Waals surface area contributed by atoms with Crippen LogP contribution in [0.5, 0.6) is 0 Å². The Kier molecular flexibility index (Phi) is 7.76. The maximum absolute atomic E-state index is 13.2. The minimum atomic E-state index is -0.531. The first-order chi connectivity index (χ1) is 21.1. The average molecular weight is 591 g/mol. The molecule has 0 saturated carbocycles. The second-order valence-electron chi connectivity index (χ2n) is 11.8. The lowest BCUT2D eigenvalue weighted by Gasteiger charge is -2.36. The van der Waals surface area contributed by atoms with Gasteiger partial charge in [-0.1, -0.05) is 17.9 Å². The summed E-state index contributed by atoms with van der Waals surface area (Å²) >= 11 is 0. The number of carbonyl (C=O) groups is 2. The molecular formula is C33H34N8O3. The number of amides is 2. The van der Waals surface area contributed by atoms with Gasteiger partial charge in [-0.15, -0.1) is 0 Å². The molecule has 2 aromatic carbocycles. The van der Waals surface area contributed by atoms with Gasteiger partial charge in [0.2, 0.25) is 0 Å². The van der Waals surface area contributed by atoms with E-state index in [-0.39, 0.29) is 12.0 Å². The molecule has 4 heterocycles. The standard InChI is InChI=1S/C33H34N8O3/c1-21-5-7-24(16-23(21)8-6-22-15-25-19-37-39-29(25)34-18-22)31(42)38-26-9-10-27-28(17-26)35-20-36-30(27)40-11-13-41(14-12-40)32(43)44-33(2,3)4/h5,7,9-10,15-18,20,37H,11-14,19H2,1-4H3,(H,34,39)(H,38,42). The van der Waals surface area contributed by atoms with Gasteiger partial charge < -0.3 is 25.3 Å². The number of ether oxygens (including phenoxy) is 1. The molecule has 6 rings (SSSR count). The Morgan fingerprint density at radius 2 is 1.80 bits per heavy atom. The molecule has 4 aromatic rings. The number of nitrogens with zero attached hydrogens (tertiary/aromatic N) is 5. The van der Waals surface area contributed by atoms with Crippen LogP contribution in [-0.2, 0) is 11.3 Å². The number of pyridine rings is 1. The number of anilines is 3. The first-order valence-electron chi connectivity index (χ1n) is 14.5. The number of rotatable bonds is 3. The third-order valence-corrected chi connectivity index (χ3v) is 7.40. The van der Waals surface area contributed by atoms with Crippen LogP contribution < -0.4 is 21.1 Å². The molecule has 11 heteroatoms. The minimum Gasteiger partial charge on any atom is -0.444 e. The van der Waals surface area contributed by atoms with E-state index in [1.54, 1.807) is 23.2 Å². The van der Waals surface area contributed by atoms with E-state index in [1.165, 1.54) is 6.33 Å². The molecule has 0 unspecified atom stereocenters. The Labute approximate surface area is 256 Å². The number of aryl methyl sites for hydroxylation is 1. The van der Waals surface area contributed by atoms with E-state index >= 15 is 0 Å². The van der Waals surface area contributed by atoms with Crippen molar-refractivity contribution in [2.75, 3.05) is 41.8 Å². The predicted molar refractivity (Wildman–Crippen MR) is 169 cm³/mol. The van der Waals surface area contributed by atoms with Gasteiger partial charge in [0.25, 0.3) is 5.91 Å². The number of hydrogen-bond donors (Lipinski definition) is 3. The molecule has 2 aromatic heterocycles. The third-order valence-electron chi connectivity index (χ3n) is 7.40. The molecular weight excluding hydrogens is 556 g/mol. The van der Waals surface area contributed by atoms with E-state index in [1.807, 2.05) is 58.0 Å². The fourth-order valence-electron chi connectivity index (χ4n) is 5.09. The number of hydrazine groups is 1.